The highest BCUT2D eigenvalue weighted by molar-refractivity contribution is 7.12. The first-order valence-corrected chi connectivity index (χ1v) is 6.35. The van der Waals surface area contributed by atoms with Crippen LogP contribution >= 0.6 is 11.3 Å². The first kappa shape index (κ1) is 12.3. The Bertz CT molecular complexity index is 490. The molecule has 1 aromatic carbocycles. The Hall–Kier alpha value is -1.16. The summed E-state index contributed by atoms with van der Waals surface area (Å²) < 4.78 is 5.15. The van der Waals surface area contributed by atoms with Gasteiger partial charge < -0.3 is 9.84 Å². The summed E-state index contributed by atoms with van der Waals surface area (Å²) in [5.41, 5.74) is 1.96. The van der Waals surface area contributed by atoms with Gasteiger partial charge in [-0.2, -0.15) is 0 Å². The summed E-state index contributed by atoms with van der Waals surface area (Å²) in [5.74, 6) is 0. The molecule has 2 aromatic rings. The van der Waals surface area contributed by atoms with Gasteiger partial charge in [-0.05, 0) is 30.2 Å². The summed E-state index contributed by atoms with van der Waals surface area (Å²) in [4.78, 5) is 2.19. The molecule has 0 fully saturated rings. The van der Waals surface area contributed by atoms with Crippen LogP contribution in [0.3, 0.4) is 0 Å². The van der Waals surface area contributed by atoms with Crippen LogP contribution in [0.5, 0.6) is 0 Å². The van der Waals surface area contributed by atoms with Crippen molar-refractivity contribution in [2.75, 3.05) is 7.11 Å². The summed E-state index contributed by atoms with van der Waals surface area (Å²) in [6.07, 6.45) is -0.556. The Labute approximate surface area is 105 Å². The lowest BCUT2D eigenvalue weighted by atomic mass is 10.0. The molecule has 0 bridgehead atoms. The standard InChI is InChI=1S/C14H16O2S/c1-10-7-8-13(17-10)14(15)12-6-4-3-5-11(12)9-16-2/h3-8,14-15H,9H2,1-2H3. The zero-order valence-corrected chi connectivity index (χ0v) is 10.8. The van der Waals surface area contributed by atoms with Gasteiger partial charge in [0.05, 0.1) is 6.61 Å². The number of hydrogen-bond donors (Lipinski definition) is 1. The van der Waals surface area contributed by atoms with Crippen LogP contribution in [0, 0.1) is 6.92 Å². The quantitative estimate of drug-likeness (QED) is 0.899. The van der Waals surface area contributed by atoms with E-state index < -0.39 is 6.10 Å². The molecule has 0 aliphatic rings. The Kier molecular flexibility index (Phi) is 3.94. The van der Waals surface area contributed by atoms with E-state index in [2.05, 4.69) is 0 Å². The number of hydrogen-bond acceptors (Lipinski definition) is 3. The third kappa shape index (κ3) is 2.75. The maximum Gasteiger partial charge on any atom is 0.114 e. The summed E-state index contributed by atoms with van der Waals surface area (Å²) >= 11 is 1.63. The van der Waals surface area contributed by atoms with Gasteiger partial charge in [0.1, 0.15) is 6.10 Å². The number of thiophene rings is 1. The molecule has 0 amide bonds. The molecule has 0 spiro atoms. The van der Waals surface area contributed by atoms with Crippen molar-refractivity contribution in [2.24, 2.45) is 0 Å². The van der Waals surface area contributed by atoms with Crippen molar-refractivity contribution in [1.82, 2.24) is 0 Å². The molecule has 0 aliphatic heterocycles. The Balaban J connectivity index is 2.33. The zero-order chi connectivity index (χ0) is 12.3. The zero-order valence-electron chi connectivity index (χ0n) is 10.0. The minimum absolute atomic E-state index is 0.525. The second-order valence-corrected chi connectivity index (χ2v) is 5.30. The van der Waals surface area contributed by atoms with Crippen molar-refractivity contribution in [3.8, 4) is 0 Å². The van der Waals surface area contributed by atoms with Crippen molar-refractivity contribution < 1.29 is 9.84 Å². The van der Waals surface area contributed by atoms with Crippen molar-refractivity contribution in [2.45, 2.75) is 19.6 Å². The smallest absolute Gasteiger partial charge is 0.114 e. The van der Waals surface area contributed by atoms with Crippen LogP contribution in [0.25, 0.3) is 0 Å². The van der Waals surface area contributed by atoms with Gasteiger partial charge in [-0.25, -0.2) is 0 Å². The number of aliphatic hydroxyl groups is 1. The number of rotatable bonds is 4. The van der Waals surface area contributed by atoms with Crippen LogP contribution in [0.2, 0.25) is 0 Å². The molecule has 1 aromatic heterocycles. The summed E-state index contributed by atoms with van der Waals surface area (Å²) in [6, 6.07) is 11.9. The molecule has 0 aliphatic carbocycles. The lowest BCUT2D eigenvalue weighted by Gasteiger charge is -2.13. The van der Waals surface area contributed by atoms with Crippen molar-refractivity contribution in [1.29, 1.82) is 0 Å². The number of ether oxygens (including phenoxy) is 1. The van der Waals surface area contributed by atoms with Crippen LogP contribution in [0.4, 0.5) is 0 Å². The number of aryl methyl sites for hydroxylation is 1. The molecule has 90 valence electrons. The van der Waals surface area contributed by atoms with E-state index in [0.29, 0.717) is 6.61 Å². The maximum absolute atomic E-state index is 10.4. The summed E-state index contributed by atoms with van der Waals surface area (Å²) in [6.45, 7) is 2.57. The van der Waals surface area contributed by atoms with E-state index in [-0.39, 0.29) is 0 Å². The van der Waals surface area contributed by atoms with E-state index in [1.165, 1.54) is 4.88 Å². The van der Waals surface area contributed by atoms with Crippen LogP contribution in [-0.4, -0.2) is 12.2 Å². The average Bonchev–Trinajstić information content (AvgIpc) is 2.76. The second kappa shape index (κ2) is 5.45. The highest BCUT2D eigenvalue weighted by atomic mass is 32.1. The molecule has 2 nitrogen and oxygen atoms in total. The first-order chi connectivity index (χ1) is 8.22. The monoisotopic (exact) mass is 248 g/mol. The van der Waals surface area contributed by atoms with Gasteiger partial charge in [0.2, 0.25) is 0 Å². The third-order valence-electron chi connectivity index (χ3n) is 2.68. The fourth-order valence-electron chi connectivity index (χ4n) is 1.84. The van der Waals surface area contributed by atoms with Crippen LogP contribution in [0.1, 0.15) is 27.0 Å². The van der Waals surface area contributed by atoms with Gasteiger partial charge >= 0.3 is 0 Å². The largest absolute Gasteiger partial charge is 0.383 e. The normalized spacial score (nSPS) is 12.6. The van der Waals surface area contributed by atoms with E-state index in [1.54, 1.807) is 18.4 Å². The Morgan fingerprint density at radius 2 is 2.00 bits per heavy atom. The van der Waals surface area contributed by atoms with E-state index in [0.717, 1.165) is 16.0 Å². The molecular formula is C14H16O2S. The van der Waals surface area contributed by atoms with Gasteiger partial charge in [-0.15, -0.1) is 11.3 Å². The average molecular weight is 248 g/mol. The molecule has 1 heterocycles. The molecule has 1 N–H and O–H groups in total. The predicted molar refractivity (Wildman–Crippen MR) is 70.3 cm³/mol. The maximum atomic E-state index is 10.4. The van der Waals surface area contributed by atoms with E-state index in [4.69, 9.17) is 4.74 Å². The molecule has 3 heteroatoms. The van der Waals surface area contributed by atoms with E-state index in [1.807, 2.05) is 43.3 Å². The molecule has 2 rings (SSSR count). The molecular weight excluding hydrogens is 232 g/mol. The van der Waals surface area contributed by atoms with Crippen LogP contribution < -0.4 is 0 Å². The van der Waals surface area contributed by atoms with Gasteiger partial charge in [0.25, 0.3) is 0 Å². The number of aliphatic hydroxyl groups excluding tert-OH is 1. The first-order valence-electron chi connectivity index (χ1n) is 5.53. The highest BCUT2D eigenvalue weighted by Crippen LogP contribution is 2.30. The second-order valence-electron chi connectivity index (χ2n) is 3.98. The minimum Gasteiger partial charge on any atom is -0.383 e. The van der Waals surface area contributed by atoms with Gasteiger partial charge in [-0.3, -0.25) is 0 Å². The van der Waals surface area contributed by atoms with Crippen molar-refractivity contribution >= 4 is 11.3 Å². The van der Waals surface area contributed by atoms with Gasteiger partial charge in [-0.1, -0.05) is 24.3 Å². The molecule has 0 saturated carbocycles. The minimum atomic E-state index is -0.556. The van der Waals surface area contributed by atoms with Crippen LogP contribution in [-0.2, 0) is 11.3 Å². The van der Waals surface area contributed by atoms with Crippen molar-refractivity contribution in [3.63, 3.8) is 0 Å². The van der Waals surface area contributed by atoms with Crippen LogP contribution in [0.15, 0.2) is 36.4 Å². The SMILES string of the molecule is COCc1ccccc1C(O)c1ccc(C)s1. The predicted octanol–water partition coefficient (Wildman–Crippen LogP) is 3.28. The molecule has 0 saturated heterocycles. The van der Waals surface area contributed by atoms with Gasteiger partial charge in [0.15, 0.2) is 0 Å². The molecule has 17 heavy (non-hydrogen) atoms. The molecule has 0 radical (unpaired) electrons. The van der Waals surface area contributed by atoms with E-state index >= 15 is 0 Å². The number of methoxy groups -OCH3 is 1. The lowest BCUT2D eigenvalue weighted by molar-refractivity contribution is 0.177. The van der Waals surface area contributed by atoms with Gasteiger partial charge in [0, 0.05) is 16.9 Å². The highest BCUT2D eigenvalue weighted by Gasteiger charge is 2.15. The molecule has 1 unspecified atom stereocenters. The van der Waals surface area contributed by atoms with E-state index in [9.17, 15) is 5.11 Å². The molecule has 1 atom stereocenters. The number of benzene rings is 1. The topological polar surface area (TPSA) is 29.5 Å². The summed E-state index contributed by atoms with van der Waals surface area (Å²) in [7, 11) is 1.67. The summed E-state index contributed by atoms with van der Waals surface area (Å²) in [5, 5.41) is 10.4. The fraction of sp³-hybridized carbons (Fsp3) is 0.286. The fourth-order valence-corrected chi connectivity index (χ4v) is 2.72. The Morgan fingerprint density at radius 1 is 1.24 bits per heavy atom. The third-order valence-corrected chi connectivity index (χ3v) is 3.73. The lowest BCUT2D eigenvalue weighted by Crippen LogP contribution is -2.02. The van der Waals surface area contributed by atoms with Crippen molar-refractivity contribution in [3.05, 3.63) is 57.3 Å². The Morgan fingerprint density at radius 3 is 2.65 bits per heavy atom.